The number of piperidine rings is 1. The predicted molar refractivity (Wildman–Crippen MR) is 136 cm³/mol. The van der Waals surface area contributed by atoms with Crippen molar-refractivity contribution in [2.75, 3.05) is 18.8 Å². The molecule has 3 N–H and O–H groups in total. The number of hydrogen-bond donors (Lipinski definition) is 2. The van der Waals surface area contributed by atoms with Gasteiger partial charge in [-0.25, -0.2) is 9.37 Å². The molecule has 1 aliphatic rings. The molecule has 35 heavy (non-hydrogen) atoms. The number of halogens is 2. The molecule has 3 aromatic heterocycles. The molecule has 0 saturated carbocycles. The third kappa shape index (κ3) is 4.76. The Morgan fingerprint density at radius 3 is 2.51 bits per heavy atom. The monoisotopic (exact) mass is 537 g/mol. The van der Waals surface area contributed by atoms with Gasteiger partial charge in [-0.3, -0.25) is 9.78 Å². The third-order valence-corrected chi connectivity index (χ3v) is 7.27. The summed E-state index contributed by atoms with van der Waals surface area (Å²) < 4.78 is 15.6. The number of amides is 1. The number of carbonyl (C=O) groups excluding carboxylic acids is 1. The number of carbonyl (C=O) groups is 1. The number of likely N-dealkylation sites (tertiary alicyclic amines) is 1. The third-order valence-electron chi connectivity index (χ3n) is 6.40. The number of nitrogen functional groups attached to an aromatic ring is 1. The van der Waals surface area contributed by atoms with E-state index < -0.39 is 0 Å². The van der Waals surface area contributed by atoms with Crippen molar-refractivity contribution in [1.29, 1.82) is 0 Å². The van der Waals surface area contributed by atoms with Crippen molar-refractivity contribution < 1.29 is 9.18 Å². The Morgan fingerprint density at radius 1 is 1.14 bits per heavy atom. The molecule has 1 amide bonds. The maximum atomic E-state index is 13.2. The number of anilines is 1. The molecule has 0 aliphatic carbocycles. The van der Waals surface area contributed by atoms with Crippen LogP contribution in [-0.4, -0.2) is 49.5 Å². The SMILES string of the molecule is CC(=O)N1CCC(NCc2nc3c(-c4ccc(-c5ccc(F)cc5)nc4)cnn3c(N)c2Br)CC1. The summed E-state index contributed by atoms with van der Waals surface area (Å²) in [7, 11) is 0. The molecule has 1 saturated heterocycles. The van der Waals surface area contributed by atoms with E-state index in [4.69, 9.17) is 10.7 Å². The number of hydrogen-bond acceptors (Lipinski definition) is 6. The highest BCUT2D eigenvalue weighted by atomic mass is 79.9. The van der Waals surface area contributed by atoms with Crippen LogP contribution >= 0.6 is 15.9 Å². The average Bonchev–Trinajstić information content (AvgIpc) is 3.30. The lowest BCUT2D eigenvalue weighted by molar-refractivity contribution is -0.129. The minimum absolute atomic E-state index is 0.125. The van der Waals surface area contributed by atoms with Gasteiger partial charge >= 0.3 is 0 Å². The van der Waals surface area contributed by atoms with Crippen LogP contribution in [0.1, 0.15) is 25.5 Å². The van der Waals surface area contributed by atoms with Crippen LogP contribution < -0.4 is 11.1 Å². The number of aromatic nitrogens is 4. The number of benzene rings is 1. The molecule has 1 aliphatic heterocycles. The zero-order valence-electron chi connectivity index (χ0n) is 19.2. The van der Waals surface area contributed by atoms with Crippen molar-refractivity contribution in [1.82, 2.24) is 29.8 Å². The second kappa shape index (κ2) is 9.71. The Kier molecular flexibility index (Phi) is 6.48. The topological polar surface area (TPSA) is 101 Å². The van der Waals surface area contributed by atoms with E-state index in [0.29, 0.717) is 28.5 Å². The number of nitrogens with zero attached hydrogens (tertiary/aromatic N) is 5. The molecule has 4 aromatic rings. The van der Waals surface area contributed by atoms with Gasteiger partial charge in [0.1, 0.15) is 11.6 Å². The van der Waals surface area contributed by atoms with Crippen molar-refractivity contribution in [2.45, 2.75) is 32.4 Å². The summed E-state index contributed by atoms with van der Waals surface area (Å²) in [6.45, 7) is 3.67. The van der Waals surface area contributed by atoms with Gasteiger partial charge in [0, 0.05) is 55.5 Å². The quantitative estimate of drug-likeness (QED) is 0.398. The Hall–Kier alpha value is -3.37. The summed E-state index contributed by atoms with van der Waals surface area (Å²) >= 11 is 3.58. The standard InChI is InChI=1S/C25H25BrFN7O/c1-15(35)33-10-8-19(9-11-33)29-14-22-23(26)24(28)34-25(32-22)20(13-31-34)17-4-7-21(30-12-17)16-2-5-18(27)6-3-16/h2-7,12-13,19,29H,8-11,14,28H2,1H3. The summed E-state index contributed by atoms with van der Waals surface area (Å²) in [6, 6.07) is 10.4. The highest BCUT2D eigenvalue weighted by Gasteiger charge is 2.22. The number of fused-ring (bicyclic) bond motifs is 1. The van der Waals surface area contributed by atoms with Gasteiger partial charge in [-0.2, -0.15) is 9.61 Å². The highest BCUT2D eigenvalue weighted by molar-refractivity contribution is 9.10. The van der Waals surface area contributed by atoms with Crippen LogP contribution in [0.5, 0.6) is 0 Å². The van der Waals surface area contributed by atoms with E-state index in [-0.39, 0.29) is 11.7 Å². The minimum atomic E-state index is -0.279. The van der Waals surface area contributed by atoms with Crippen molar-refractivity contribution in [3.63, 3.8) is 0 Å². The van der Waals surface area contributed by atoms with Gasteiger partial charge in [0.25, 0.3) is 0 Å². The lowest BCUT2D eigenvalue weighted by atomic mass is 10.0. The summed E-state index contributed by atoms with van der Waals surface area (Å²) in [5, 5.41) is 7.99. The fourth-order valence-corrected chi connectivity index (χ4v) is 4.75. The van der Waals surface area contributed by atoms with Gasteiger partial charge in [-0.05, 0) is 59.1 Å². The summed E-state index contributed by atoms with van der Waals surface area (Å²) in [5.41, 5.74) is 11.1. The number of nitrogens with one attached hydrogen (secondary N) is 1. The van der Waals surface area contributed by atoms with E-state index >= 15 is 0 Å². The van der Waals surface area contributed by atoms with Crippen LogP contribution in [-0.2, 0) is 11.3 Å². The maximum Gasteiger partial charge on any atom is 0.219 e. The predicted octanol–water partition coefficient (Wildman–Crippen LogP) is 4.04. The summed E-state index contributed by atoms with van der Waals surface area (Å²) in [5.74, 6) is 0.318. The van der Waals surface area contributed by atoms with E-state index in [1.807, 2.05) is 17.0 Å². The van der Waals surface area contributed by atoms with Gasteiger partial charge in [0.15, 0.2) is 5.65 Å². The molecule has 1 fully saturated rings. The molecule has 1 aromatic carbocycles. The van der Waals surface area contributed by atoms with Gasteiger partial charge < -0.3 is 16.0 Å². The van der Waals surface area contributed by atoms with E-state index in [9.17, 15) is 9.18 Å². The molecule has 5 rings (SSSR count). The minimum Gasteiger partial charge on any atom is -0.383 e. The van der Waals surface area contributed by atoms with Crippen LogP contribution in [0.4, 0.5) is 10.2 Å². The van der Waals surface area contributed by atoms with Crippen LogP contribution in [0.2, 0.25) is 0 Å². The first-order chi connectivity index (χ1) is 16.9. The Bertz CT molecular complexity index is 1360. The van der Waals surface area contributed by atoms with Crippen LogP contribution in [0.25, 0.3) is 28.0 Å². The van der Waals surface area contributed by atoms with E-state index in [1.165, 1.54) is 12.1 Å². The smallest absolute Gasteiger partial charge is 0.219 e. The van der Waals surface area contributed by atoms with Gasteiger partial charge in [0.05, 0.1) is 22.1 Å². The molecule has 0 unspecified atom stereocenters. The molecule has 0 radical (unpaired) electrons. The largest absolute Gasteiger partial charge is 0.383 e. The van der Waals surface area contributed by atoms with Gasteiger partial charge in [-0.1, -0.05) is 6.07 Å². The van der Waals surface area contributed by atoms with E-state index in [2.05, 4.69) is 31.3 Å². The lowest BCUT2D eigenvalue weighted by Crippen LogP contribution is -2.44. The zero-order valence-corrected chi connectivity index (χ0v) is 20.8. The van der Waals surface area contributed by atoms with Crippen LogP contribution in [0.3, 0.4) is 0 Å². The van der Waals surface area contributed by atoms with Gasteiger partial charge in [0.2, 0.25) is 5.91 Å². The van der Waals surface area contributed by atoms with Gasteiger partial charge in [-0.15, -0.1) is 0 Å². The summed E-state index contributed by atoms with van der Waals surface area (Å²) in [4.78, 5) is 22.9. The summed E-state index contributed by atoms with van der Waals surface area (Å²) in [6.07, 6.45) is 5.29. The number of nitrogens with two attached hydrogens (primary N) is 1. The molecular weight excluding hydrogens is 513 g/mol. The molecule has 10 heteroatoms. The maximum absolute atomic E-state index is 13.2. The Balaban J connectivity index is 1.38. The molecule has 8 nitrogen and oxygen atoms in total. The molecular formula is C25H25BrFN7O. The Labute approximate surface area is 210 Å². The second-order valence-corrected chi connectivity index (χ2v) is 9.44. The Morgan fingerprint density at radius 2 is 1.86 bits per heavy atom. The van der Waals surface area contributed by atoms with Crippen molar-refractivity contribution in [2.24, 2.45) is 0 Å². The lowest BCUT2D eigenvalue weighted by Gasteiger charge is -2.31. The van der Waals surface area contributed by atoms with E-state index in [0.717, 1.165) is 54.0 Å². The molecule has 0 bridgehead atoms. The van der Waals surface area contributed by atoms with Crippen LogP contribution in [0, 0.1) is 5.82 Å². The normalized spacial score (nSPS) is 14.5. The average molecular weight is 538 g/mol. The second-order valence-electron chi connectivity index (χ2n) is 8.65. The molecule has 4 heterocycles. The highest BCUT2D eigenvalue weighted by Crippen LogP contribution is 2.30. The van der Waals surface area contributed by atoms with Crippen LogP contribution in [0.15, 0.2) is 53.3 Å². The molecule has 0 spiro atoms. The fraction of sp³-hybridized carbons (Fsp3) is 0.280. The van der Waals surface area contributed by atoms with Crippen molar-refractivity contribution >= 4 is 33.3 Å². The molecule has 180 valence electrons. The van der Waals surface area contributed by atoms with Crippen molar-refractivity contribution in [3.8, 4) is 22.4 Å². The number of rotatable bonds is 5. The fourth-order valence-electron chi connectivity index (χ4n) is 4.35. The first-order valence-electron chi connectivity index (χ1n) is 11.4. The van der Waals surface area contributed by atoms with Crippen molar-refractivity contribution in [3.05, 3.63) is 64.8 Å². The zero-order chi connectivity index (χ0) is 24.5. The number of pyridine rings is 1. The van der Waals surface area contributed by atoms with E-state index in [1.54, 1.807) is 36.0 Å². The molecule has 0 atom stereocenters. The first kappa shape index (κ1) is 23.4. The first-order valence-corrected chi connectivity index (χ1v) is 12.2.